The van der Waals surface area contributed by atoms with Gasteiger partial charge in [-0.2, -0.15) is 4.99 Å². The lowest BCUT2D eigenvalue weighted by Gasteiger charge is -2.10. The molecule has 31 heavy (non-hydrogen) atoms. The number of nitrogens with zero attached hydrogens (tertiary/aromatic N) is 2. The third-order valence-electron chi connectivity index (χ3n) is 4.80. The molecule has 0 N–H and O–H groups in total. The molecule has 0 aliphatic heterocycles. The summed E-state index contributed by atoms with van der Waals surface area (Å²) in [6.07, 6.45) is 0. The van der Waals surface area contributed by atoms with Crippen molar-refractivity contribution in [2.75, 3.05) is 20.8 Å². The third-order valence-corrected chi connectivity index (χ3v) is 5.84. The largest absolute Gasteiger partial charge is 0.493 e. The van der Waals surface area contributed by atoms with Gasteiger partial charge in [-0.1, -0.05) is 37.3 Å². The number of fused-ring (bicyclic) bond motifs is 1. The summed E-state index contributed by atoms with van der Waals surface area (Å²) in [6.45, 7) is 6.24. The summed E-state index contributed by atoms with van der Waals surface area (Å²) in [5.74, 6) is 0.250. The molecule has 1 amide bonds. The SMILES string of the molecule is CCOC(=O)Cn1c(=NC(=O)c2cccc(OC)c2OC)sc2cc(C(C)C)ccc21. The molecule has 0 saturated carbocycles. The van der Waals surface area contributed by atoms with Crippen LogP contribution in [0, 0.1) is 0 Å². The van der Waals surface area contributed by atoms with Crippen LogP contribution in [0.3, 0.4) is 0 Å². The van der Waals surface area contributed by atoms with Crippen LogP contribution in [0.25, 0.3) is 10.2 Å². The van der Waals surface area contributed by atoms with Gasteiger partial charge in [-0.15, -0.1) is 0 Å². The van der Waals surface area contributed by atoms with E-state index in [1.54, 1.807) is 29.7 Å². The number of methoxy groups -OCH3 is 2. The Morgan fingerprint density at radius 1 is 1.13 bits per heavy atom. The predicted octanol–water partition coefficient (Wildman–Crippen LogP) is 4.15. The number of carbonyl (C=O) groups excluding carboxylic acids is 2. The van der Waals surface area contributed by atoms with Crippen molar-refractivity contribution < 1.29 is 23.8 Å². The first-order valence-electron chi connectivity index (χ1n) is 9.98. The predicted molar refractivity (Wildman–Crippen MR) is 120 cm³/mol. The number of benzene rings is 2. The van der Waals surface area contributed by atoms with Crippen LogP contribution in [-0.4, -0.2) is 37.3 Å². The number of para-hydroxylation sites is 1. The van der Waals surface area contributed by atoms with E-state index in [2.05, 4.69) is 24.9 Å². The van der Waals surface area contributed by atoms with Gasteiger partial charge >= 0.3 is 5.97 Å². The topological polar surface area (TPSA) is 79.1 Å². The zero-order valence-electron chi connectivity index (χ0n) is 18.3. The molecule has 8 heteroatoms. The second kappa shape index (κ2) is 9.78. The first-order valence-corrected chi connectivity index (χ1v) is 10.8. The van der Waals surface area contributed by atoms with Crippen molar-refractivity contribution in [2.24, 2.45) is 4.99 Å². The number of esters is 1. The highest BCUT2D eigenvalue weighted by Gasteiger charge is 2.18. The third kappa shape index (κ3) is 4.80. The van der Waals surface area contributed by atoms with Gasteiger partial charge in [-0.3, -0.25) is 9.59 Å². The molecule has 164 valence electrons. The number of ether oxygens (including phenoxy) is 3. The fraction of sp³-hybridized carbons (Fsp3) is 0.348. The van der Waals surface area contributed by atoms with Gasteiger partial charge in [-0.25, -0.2) is 0 Å². The average Bonchev–Trinajstić information content (AvgIpc) is 3.09. The summed E-state index contributed by atoms with van der Waals surface area (Å²) in [5, 5.41) is 0. The maximum absolute atomic E-state index is 13.1. The lowest BCUT2D eigenvalue weighted by molar-refractivity contribution is -0.143. The van der Waals surface area contributed by atoms with E-state index in [0.29, 0.717) is 22.2 Å². The Hall–Kier alpha value is -3.13. The molecule has 0 fully saturated rings. The molecule has 3 aromatic rings. The quantitative estimate of drug-likeness (QED) is 0.514. The van der Waals surface area contributed by atoms with Crippen LogP contribution in [0.5, 0.6) is 11.5 Å². The first-order chi connectivity index (χ1) is 14.9. The first kappa shape index (κ1) is 22.6. The van der Waals surface area contributed by atoms with Crippen LogP contribution >= 0.6 is 11.3 Å². The fourth-order valence-electron chi connectivity index (χ4n) is 3.23. The summed E-state index contributed by atoms with van der Waals surface area (Å²) in [7, 11) is 2.98. The molecule has 0 saturated heterocycles. The Morgan fingerprint density at radius 3 is 2.55 bits per heavy atom. The molecule has 7 nitrogen and oxygen atoms in total. The number of hydrogen-bond donors (Lipinski definition) is 0. The van der Waals surface area contributed by atoms with Crippen molar-refractivity contribution >= 4 is 33.4 Å². The normalized spacial score (nSPS) is 11.7. The molecule has 0 radical (unpaired) electrons. The minimum atomic E-state index is -0.482. The Morgan fingerprint density at radius 2 is 1.90 bits per heavy atom. The van der Waals surface area contributed by atoms with Crippen LogP contribution in [0.1, 0.15) is 42.6 Å². The van der Waals surface area contributed by atoms with E-state index in [1.807, 2.05) is 12.1 Å². The molecule has 0 atom stereocenters. The van der Waals surface area contributed by atoms with Crippen molar-refractivity contribution in [3.63, 3.8) is 0 Å². The lowest BCUT2D eigenvalue weighted by atomic mass is 10.0. The van der Waals surface area contributed by atoms with Crippen molar-refractivity contribution in [3.05, 3.63) is 52.3 Å². The zero-order valence-corrected chi connectivity index (χ0v) is 19.1. The molecule has 0 aliphatic carbocycles. The Balaban J connectivity index is 2.16. The molecule has 3 rings (SSSR count). The van der Waals surface area contributed by atoms with E-state index >= 15 is 0 Å². The number of thiazole rings is 1. The van der Waals surface area contributed by atoms with Gasteiger partial charge in [0.2, 0.25) is 0 Å². The zero-order chi connectivity index (χ0) is 22.5. The molecule has 1 heterocycles. The van der Waals surface area contributed by atoms with Crippen LogP contribution < -0.4 is 14.3 Å². The van der Waals surface area contributed by atoms with Gasteiger partial charge < -0.3 is 18.8 Å². The second-order valence-corrected chi connectivity index (χ2v) is 8.12. The van der Waals surface area contributed by atoms with Crippen molar-refractivity contribution in [1.29, 1.82) is 0 Å². The van der Waals surface area contributed by atoms with Crippen LogP contribution in [0.2, 0.25) is 0 Å². The smallest absolute Gasteiger partial charge is 0.326 e. The summed E-state index contributed by atoms with van der Waals surface area (Å²) >= 11 is 1.36. The molecule has 2 aromatic carbocycles. The van der Waals surface area contributed by atoms with Gasteiger partial charge in [0, 0.05) is 0 Å². The van der Waals surface area contributed by atoms with Gasteiger partial charge in [0.1, 0.15) is 6.54 Å². The van der Waals surface area contributed by atoms with Gasteiger partial charge in [0.25, 0.3) is 5.91 Å². The van der Waals surface area contributed by atoms with Crippen molar-refractivity contribution in [2.45, 2.75) is 33.2 Å². The van der Waals surface area contributed by atoms with Gasteiger partial charge in [0.05, 0.1) is 36.6 Å². The standard InChI is InChI=1S/C23H26N2O5S/c1-6-30-20(26)13-25-17-11-10-15(14(2)3)12-19(17)31-23(25)24-22(27)16-8-7-9-18(28-4)21(16)29-5/h7-12,14H,6,13H2,1-5H3. The summed E-state index contributed by atoms with van der Waals surface area (Å²) < 4.78 is 18.4. The van der Waals surface area contributed by atoms with Crippen LogP contribution in [0.4, 0.5) is 0 Å². The molecule has 1 aromatic heterocycles. The molecule has 0 bridgehead atoms. The molecular formula is C23H26N2O5S. The van der Waals surface area contributed by atoms with E-state index in [1.165, 1.54) is 31.1 Å². The Kier molecular flexibility index (Phi) is 7.12. The maximum Gasteiger partial charge on any atom is 0.326 e. The summed E-state index contributed by atoms with van der Waals surface area (Å²) in [5.41, 5.74) is 2.28. The van der Waals surface area contributed by atoms with Crippen LogP contribution in [-0.2, 0) is 16.1 Å². The number of aromatic nitrogens is 1. The van der Waals surface area contributed by atoms with Gasteiger partial charge in [-0.05, 0) is 42.7 Å². The highest BCUT2D eigenvalue weighted by molar-refractivity contribution is 7.16. The maximum atomic E-state index is 13.1. The summed E-state index contributed by atoms with van der Waals surface area (Å²) in [6, 6.07) is 11.1. The number of rotatable bonds is 7. The second-order valence-electron chi connectivity index (χ2n) is 7.12. The van der Waals surface area contributed by atoms with E-state index in [4.69, 9.17) is 14.2 Å². The lowest BCUT2D eigenvalue weighted by Crippen LogP contribution is -2.23. The highest BCUT2D eigenvalue weighted by atomic mass is 32.1. The Bertz CT molecular complexity index is 1180. The highest BCUT2D eigenvalue weighted by Crippen LogP contribution is 2.31. The monoisotopic (exact) mass is 442 g/mol. The van der Waals surface area contributed by atoms with Crippen molar-refractivity contribution in [3.8, 4) is 11.5 Å². The van der Waals surface area contributed by atoms with E-state index in [9.17, 15) is 9.59 Å². The van der Waals surface area contributed by atoms with Crippen LogP contribution in [0.15, 0.2) is 41.4 Å². The summed E-state index contributed by atoms with van der Waals surface area (Å²) in [4.78, 5) is 30.0. The van der Waals surface area contributed by atoms with Crippen molar-refractivity contribution in [1.82, 2.24) is 4.57 Å². The number of hydrogen-bond acceptors (Lipinski definition) is 6. The number of carbonyl (C=O) groups is 2. The molecule has 0 aliphatic rings. The Labute approximate surface area is 184 Å². The fourth-order valence-corrected chi connectivity index (χ4v) is 4.30. The van der Waals surface area contributed by atoms with E-state index in [-0.39, 0.29) is 24.7 Å². The molecule has 0 unspecified atom stereocenters. The van der Waals surface area contributed by atoms with E-state index < -0.39 is 5.91 Å². The average molecular weight is 443 g/mol. The molecule has 0 spiro atoms. The molecular weight excluding hydrogens is 416 g/mol. The van der Waals surface area contributed by atoms with Gasteiger partial charge in [0.15, 0.2) is 16.3 Å². The minimum absolute atomic E-state index is 0.0315. The minimum Gasteiger partial charge on any atom is -0.493 e. The number of amides is 1. The van der Waals surface area contributed by atoms with E-state index in [0.717, 1.165) is 10.2 Å².